The number of anilines is 1. The molecular formula is C9H12N6OS. The summed E-state index contributed by atoms with van der Waals surface area (Å²) in [6.07, 6.45) is 3.12. The van der Waals surface area contributed by atoms with Gasteiger partial charge in [-0.05, 0) is 6.92 Å². The van der Waals surface area contributed by atoms with Crippen molar-refractivity contribution in [3.8, 4) is 0 Å². The summed E-state index contributed by atoms with van der Waals surface area (Å²) in [5, 5.41) is 7.00. The zero-order valence-corrected chi connectivity index (χ0v) is 10.1. The van der Waals surface area contributed by atoms with E-state index in [1.54, 1.807) is 10.8 Å². The third-order valence-electron chi connectivity index (χ3n) is 2.11. The van der Waals surface area contributed by atoms with Crippen LogP contribution < -0.4 is 11.4 Å². The highest BCUT2D eigenvalue weighted by molar-refractivity contribution is 7.98. The molecule has 0 aliphatic heterocycles. The van der Waals surface area contributed by atoms with Crippen LogP contribution in [0, 0.1) is 0 Å². The monoisotopic (exact) mass is 252 g/mol. The molecule has 2 aromatic heterocycles. The molecule has 0 saturated heterocycles. The van der Waals surface area contributed by atoms with E-state index in [0.29, 0.717) is 23.3 Å². The van der Waals surface area contributed by atoms with Gasteiger partial charge in [0.25, 0.3) is 0 Å². The summed E-state index contributed by atoms with van der Waals surface area (Å²) in [4.78, 5) is 19.4. The van der Waals surface area contributed by atoms with Crippen molar-refractivity contribution in [3.05, 3.63) is 28.6 Å². The molecule has 0 saturated carbocycles. The van der Waals surface area contributed by atoms with Crippen LogP contribution in [0.2, 0.25) is 0 Å². The first kappa shape index (κ1) is 11.6. The zero-order chi connectivity index (χ0) is 12.3. The molecule has 3 N–H and O–H groups in total. The van der Waals surface area contributed by atoms with Gasteiger partial charge < -0.3 is 5.73 Å². The lowest BCUT2D eigenvalue weighted by Gasteiger charge is -2.01. The van der Waals surface area contributed by atoms with Crippen LogP contribution in [0.5, 0.6) is 0 Å². The molecule has 0 amide bonds. The summed E-state index contributed by atoms with van der Waals surface area (Å²) >= 11 is 1.43. The van der Waals surface area contributed by atoms with Crippen molar-refractivity contribution < 1.29 is 0 Å². The van der Waals surface area contributed by atoms with Gasteiger partial charge in [0.1, 0.15) is 5.82 Å². The molecule has 0 aliphatic carbocycles. The Balaban J connectivity index is 2.07. The lowest BCUT2D eigenvalue weighted by atomic mass is 10.5. The van der Waals surface area contributed by atoms with E-state index in [-0.39, 0.29) is 5.69 Å². The molecule has 0 aliphatic rings. The Bertz CT molecular complexity index is 545. The maximum absolute atomic E-state index is 11.3. The van der Waals surface area contributed by atoms with Crippen LogP contribution in [0.25, 0.3) is 0 Å². The molecule has 8 heteroatoms. The van der Waals surface area contributed by atoms with Gasteiger partial charge in [-0.15, -0.1) is 5.10 Å². The van der Waals surface area contributed by atoms with Gasteiger partial charge in [0.2, 0.25) is 0 Å². The minimum absolute atomic E-state index is 0.196. The fraction of sp³-hybridized carbons (Fsp3) is 0.333. The number of hydrogen-bond donors (Lipinski definition) is 2. The van der Waals surface area contributed by atoms with E-state index in [1.807, 2.05) is 6.92 Å². The molecule has 17 heavy (non-hydrogen) atoms. The van der Waals surface area contributed by atoms with Crippen molar-refractivity contribution in [3.63, 3.8) is 0 Å². The van der Waals surface area contributed by atoms with E-state index in [1.165, 1.54) is 18.0 Å². The van der Waals surface area contributed by atoms with Gasteiger partial charge in [0.05, 0.1) is 18.1 Å². The largest absolute Gasteiger partial charge is 0.382 e. The fourth-order valence-electron chi connectivity index (χ4n) is 1.27. The Labute approximate surface area is 101 Å². The number of nitrogen functional groups attached to an aromatic ring is 1. The molecule has 0 unspecified atom stereocenters. The summed E-state index contributed by atoms with van der Waals surface area (Å²) in [7, 11) is 0. The summed E-state index contributed by atoms with van der Waals surface area (Å²) in [6, 6.07) is 0. The predicted molar refractivity (Wildman–Crippen MR) is 64.5 cm³/mol. The number of thioether (sulfide) groups is 1. The molecule has 7 nitrogen and oxygen atoms in total. The number of aromatic amines is 1. The number of nitrogens with one attached hydrogen (secondary N) is 1. The third-order valence-corrected chi connectivity index (χ3v) is 3.12. The van der Waals surface area contributed by atoms with Crippen molar-refractivity contribution in [2.45, 2.75) is 24.4 Å². The summed E-state index contributed by atoms with van der Waals surface area (Å²) < 4.78 is 1.56. The van der Waals surface area contributed by atoms with Crippen molar-refractivity contribution >= 4 is 17.6 Å². The predicted octanol–water partition coefficient (Wildman–Crippen LogP) is 0.256. The number of aromatic nitrogens is 5. The van der Waals surface area contributed by atoms with E-state index in [9.17, 15) is 4.79 Å². The smallest absolute Gasteiger partial charge is 0.343 e. The van der Waals surface area contributed by atoms with E-state index < -0.39 is 0 Å². The normalized spacial score (nSPS) is 10.6. The Morgan fingerprint density at radius 3 is 2.94 bits per heavy atom. The standard InChI is InChI=1S/C9H12N6OS/c1-2-15-8(16)13-14-9(15)17-5-6-3-12-7(10)4-11-6/h3-4H,2,5H2,1H3,(H2,10,12)(H,13,16). The van der Waals surface area contributed by atoms with Crippen LogP contribution in [0.4, 0.5) is 5.82 Å². The van der Waals surface area contributed by atoms with Gasteiger partial charge in [0, 0.05) is 12.3 Å². The average Bonchev–Trinajstić information content (AvgIpc) is 2.69. The van der Waals surface area contributed by atoms with Gasteiger partial charge >= 0.3 is 5.69 Å². The molecular weight excluding hydrogens is 240 g/mol. The second-order valence-electron chi connectivity index (χ2n) is 3.28. The second kappa shape index (κ2) is 5.00. The molecule has 2 rings (SSSR count). The number of H-pyrrole nitrogens is 1. The van der Waals surface area contributed by atoms with Crippen molar-refractivity contribution in [1.82, 2.24) is 24.7 Å². The van der Waals surface area contributed by atoms with Gasteiger partial charge in [-0.3, -0.25) is 9.55 Å². The summed E-state index contributed by atoms with van der Waals surface area (Å²) in [5.41, 5.74) is 6.04. The van der Waals surface area contributed by atoms with Gasteiger partial charge in [-0.2, -0.15) is 0 Å². The fourth-order valence-corrected chi connectivity index (χ4v) is 2.17. The maximum Gasteiger partial charge on any atom is 0.343 e. The maximum atomic E-state index is 11.3. The Morgan fingerprint density at radius 1 is 1.47 bits per heavy atom. The zero-order valence-electron chi connectivity index (χ0n) is 9.25. The average molecular weight is 252 g/mol. The molecule has 0 bridgehead atoms. The Morgan fingerprint density at radius 2 is 2.29 bits per heavy atom. The van der Waals surface area contributed by atoms with Crippen molar-refractivity contribution in [2.24, 2.45) is 0 Å². The number of rotatable bonds is 4. The molecule has 0 atom stereocenters. The quantitative estimate of drug-likeness (QED) is 0.756. The van der Waals surface area contributed by atoms with Crippen LogP contribution in [-0.2, 0) is 12.3 Å². The van der Waals surface area contributed by atoms with Gasteiger partial charge in [-0.25, -0.2) is 14.9 Å². The van der Waals surface area contributed by atoms with Gasteiger partial charge in [0.15, 0.2) is 5.16 Å². The number of nitrogens with zero attached hydrogens (tertiary/aromatic N) is 4. The van der Waals surface area contributed by atoms with Crippen LogP contribution >= 0.6 is 11.8 Å². The minimum Gasteiger partial charge on any atom is -0.382 e. The molecule has 2 heterocycles. The van der Waals surface area contributed by atoms with E-state index in [2.05, 4.69) is 20.2 Å². The highest BCUT2D eigenvalue weighted by atomic mass is 32.2. The van der Waals surface area contributed by atoms with Crippen LogP contribution in [-0.4, -0.2) is 24.7 Å². The van der Waals surface area contributed by atoms with Crippen LogP contribution in [0.1, 0.15) is 12.6 Å². The van der Waals surface area contributed by atoms with Crippen LogP contribution in [0.15, 0.2) is 22.3 Å². The van der Waals surface area contributed by atoms with Crippen molar-refractivity contribution in [1.29, 1.82) is 0 Å². The van der Waals surface area contributed by atoms with Gasteiger partial charge in [-0.1, -0.05) is 11.8 Å². The lowest BCUT2D eigenvalue weighted by Crippen LogP contribution is -2.16. The number of nitrogens with two attached hydrogens (primary N) is 1. The molecule has 2 aromatic rings. The van der Waals surface area contributed by atoms with E-state index >= 15 is 0 Å². The molecule has 90 valence electrons. The first-order valence-electron chi connectivity index (χ1n) is 5.05. The Kier molecular flexibility index (Phi) is 3.43. The van der Waals surface area contributed by atoms with E-state index in [0.717, 1.165) is 5.69 Å². The molecule has 0 spiro atoms. The summed E-state index contributed by atoms with van der Waals surface area (Å²) in [5.74, 6) is 0.987. The highest BCUT2D eigenvalue weighted by Gasteiger charge is 2.07. The first-order chi connectivity index (χ1) is 8.20. The lowest BCUT2D eigenvalue weighted by molar-refractivity contribution is 0.660. The second-order valence-corrected chi connectivity index (χ2v) is 4.22. The van der Waals surface area contributed by atoms with Crippen LogP contribution in [0.3, 0.4) is 0 Å². The molecule has 0 aromatic carbocycles. The molecule has 0 radical (unpaired) electrons. The first-order valence-corrected chi connectivity index (χ1v) is 6.03. The highest BCUT2D eigenvalue weighted by Crippen LogP contribution is 2.17. The Hall–Kier alpha value is -1.83. The third kappa shape index (κ3) is 2.64. The molecule has 0 fully saturated rings. The summed E-state index contributed by atoms with van der Waals surface area (Å²) in [6.45, 7) is 2.48. The number of hydrogen-bond acceptors (Lipinski definition) is 6. The minimum atomic E-state index is -0.196. The van der Waals surface area contributed by atoms with Crippen molar-refractivity contribution in [2.75, 3.05) is 5.73 Å². The van der Waals surface area contributed by atoms with E-state index in [4.69, 9.17) is 5.73 Å². The SMILES string of the molecule is CCn1c(SCc2cnc(N)cn2)n[nH]c1=O. The topological polar surface area (TPSA) is 102 Å².